The van der Waals surface area contributed by atoms with Crippen LogP contribution in [0.5, 0.6) is 5.75 Å². The summed E-state index contributed by atoms with van der Waals surface area (Å²) in [6.07, 6.45) is 0.682. The molecule has 0 saturated heterocycles. The van der Waals surface area contributed by atoms with E-state index in [0.29, 0.717) is 23.8 Å². The first-order valence-electron chi connectivity index (χ1n) is 8.80. The Labute approximate surface area is 160 Å². The first kappa shape index (κ1) is 19.1. The quantitative estimate of drug-likeness (QED) is 0.446. The van der Waals surface area contributed by atoms with Gasteiger partial charge < -0.3 is 4.74 Å². The standard InChI is InChI=1S/C20H20N4O4/c1-13-6-4-7-14(12-13)28-11-5-10-17(25)21-24-20(27)18-15-8-2-3-9-16(15)19(26)23-22-18/h2-4,6-9,12H,5,10-11H2,1H3,(H,21,25)(H,23,26)(H,24,27). The minimum Gasteiger partial charge on any atom is -0.494 e. The molecule has 2 aromatic carbocycles. The van der Waals surface area contributed by atoms with Gasteiger partial charge in [0.25, 0.3) is 11.5 Å². The largest absolute Gasteiger partial charge is 0.494 e. The lowest BCUT2D eigenvalue weighted by atomic mass is 10.1. The van der Waals surface area contributed by atoms with E-state index in [9.17, 15) is 14.4 Å². The number of rotatable bonds is 6. The normalized spacial score (nSPS) is 10.5. The number of hydrogen-bond acceptors (Lipinski definition) is 5. The fourth-order valence-corrected chi connectivity index (χ4v) is 2.66. The average molecular weight is 380 g/mol. The lowest BCUT2D eigenvalue weighted by Crippen LogP contribution is -2.42. The summed E-state index contributed by atoms with van der Waals surface area (Å²) in [4.78, 5) is 35.9. The fourth-order valence-electron chi connectivity index (χ4n) is 2.66. The minimum atomic E-state index is -0.614. The van der Waals surface area contributed by atoms with Crippen molar-refractivity contribution in [2.75, 3.05) is 6.61 Å². The van der Waals surface area contributed by atoms with Gasteiger partial charge in [0.05, 0.1) is 12.0 Å². The number of benzene rings is 2. The summed E-state index contributed by atoms with van der Waals surface area (Å²) in [5, 5.41) is 6.81. The van der Waals surface area contributed by atoms with E-state index < -0.39 is 5.91 Å². The third kappa shape index (κ3) is 4.73. The van der Waals surface area contributed by atoms with Crippen LogP contribution in [-0.4, -0.2) is 28.6 Å². The molecule has 3 aromatic rings. The van der Waals surface area contributed by atoms with E-state index in [4.69, 9.17) is 4.74 Å². The summed E-state index contributed by atoms with van der Waals surface area (Å²) >= 11 is 0. The Hall–Kier alpha value is -3.68. The predicted molar refractivity (Wildman–Crippen MR) is 104 cm³/mol. The molecular formula is C20H20N4O4. The van der Waals surface area contributed by atoms with Crippen LogP contribution >= 0.6 is 0 Å². The molecule has 1 heterocycles. The van der Waals surface area contributed by atoms with Crippen molar-refractivity contribution in [3.8, 4) is 5.75 Å². The van der Waals surface area contributed by atoms with Crippen LogP contribution in [0.3, 0.4) is 0 Å². The number of carbonyl (C=O) groups is 2. The second-order valence-corrected chi connectivity index (χ2v) is 6.22. The van der Waals surface area contributed by atoms with Crippen LogP contribution in [-0.2, 0) is 4.79 Å². The van der Waals surface area contributed by atoms with Crippen LogP contribution < -0.4 is 21.1 Å². The van der Waals surface area contributed by atoms with E-state index in [0.717, 1.165) is 11.3 Å². The Morgan fingerprint density at radius 3 is 2.64 bits per heavy atom. The second kappa shape index (κ2) is 8.81. The first-order chi connectivity index (χ1) is 13.5. The summed E-state index contributed by atoms with van der Waals surface area (Å²) in [5.74, 6) is -0.212. The zero-order valence-corrected chi connectivity index (χ0v) is 15.3. The van der Waals surface area contributed by atoms with Gasteiger partial charge >= 0.3 is 0 Å². The Kier molecular flexibility index (Phi) is 6.01. The summed E-state index contributed by atoms with van der Waals surface area (Å²) in [7, 11) is 0. The van der Waals surface area contributed by atoms with Gasteiger partial charge in [0.1, 0.15) is 5.75 Å². The number of carbonyl (C=O) groups excluding carboxylic acids is 2. The maximum Gasteiger partial charge on any atom is 0.290 e. The van der Waals surface area contributed by atoms with Gasteiger partial charge in [-0.25, -0.2) is 5.10 Å². The Balaban J connectivity index is 1.48. The third-order valence-electron chi connectivity index (χ3n) is 4.03. The lowest BCUT2D eigenvalue weighted by molar-refractivity contribution is -0.122. The summed E-state index contributed by atoms with van der Waals surface area (Å²) in [6, 6.07) is 14.3. The molecule has 0 spiro atoms. The molecule has 144 valence electrons. The smallest absolute Gasteiger partial charge is 0.290 e. The van der Waals surface area contributed by atoms with Crippen molar-refractivity contribution in [1.29, 1.82) is 0 Å². The highest BCUT2D eigenvalue weighted by Crippen LogP contribution is 2.13. The van der Waals surface area contributed by atoms with Crippen molar-refractivity contribution in [3.05, 3.63) is 70.1 Å². The molecule has 28 heavy (non-hydrogen) atoms. The van der Waals surface area contributed by atoms with Gasteiger partial charge in [-0.3, -0.25) is 25.2 Å². The number of hydrazine groups is 1. The number of aromatic amines is 1. The molecule has 0 aliphatic carbocycles. The van der Waals surface area contributed by atoms with Crippen LogP contribution in [0.25, 0.3) is 10.8 Å². The van der Waals surface area contributed by atoms with Crippen molar-refractivity contribution >= 4 is 22.6 Å². The molecule has 0 aliphatic rings. The monoisotopic (exact) mass is 380 g/mol. The molecule has 1 aromatic heterocycles. The molecule has 0 unspecified atom stereocenters. The molecule has 8 heteroatoms. The highest BCUT2D eigenvalue weighted by molar-refractivity contribution is 6.05. The van der Waals surface area contributed by atoms with Crippen molar-refractivity contribution in [1.82, 2.24) is 21.0 Å². The molecule has 0 radical (unpaired) electrons. The number of hydrogen-bond donors (Lipinski definition) is 3. The molecule has 0 saturated carbocycles. The highest BCUT2D eigenvalue weighted by atomic mass is 16.5. The number of aryl methyl sites for hydroxylation is 1. The zero-order valence-electron chi connectivity index (χ0n) is 15.3. The molecule has 2 amide bonds. The van der Waals surface area contributed by atoms with Crippen LogP contribution in [0, 0.1) is 6.92 Å². The van der Waals surface area contributed by atoms with E-state index in [1.807, 2.05) is 31.2 Å². The van der Waals surface area contributed by atoms with Crippen molar-refractivity contribution in [2.24, 2.45) is 0 Å². The number of nitrogens with one attached hydrogen (secondary N) is 3. The lowest BCUT2D eigenvalue weighted by Gasteiger charge is -2.09. The van der Waals surface area contributed by atoms with Crippen LogP contribution in [0.15, 0.2) is 53.3 Å². The Morgan fingerprint density at radius 1 is 1.07 bits per heavy atom. The van der Waals surface area contributed by atoms with Gasteiger partial charge in [0.15, 0.2) is 5.69 Å². The maximum absolute atomic E-state index is 12.3. The number of fused-ring (bicyclic) bond motifs is 1. The fraction of sp³-hybridized carbons (Fsp3) is 0.200. The molecule has 3 rings (SSSR count). The highest BCUT2D eigenvalue weighted by Gasteiger charge is 2.14. The number of aromatic nitrogens is 2. The Bertz CT molecular complexity index is 1060. The first-order valence-corrected chi connectivity index (χ1v) is 8.80. The van der Waals surface area contributed by atoms with E-state index in [1.54, 1.807) is 24.3 Å². The molecule has 0 bridgehead atoms. The average Bonchev–Trinajstić information content (AvgIpc) is 2.70. The van der Waals surface area contributed by atoms with E-state index >= 15 is 0 Å². The topological polar surface area (TPSA) is 113 Å². The summed E-state index contributed by atoms with van der Waals surface area (Å²) in [6.45, 7) is 2.36. The van der Waals surface area contributed by atoms with Gasteiger partial charge in [0.2, 0.25) is 5.91 Å². The minimum absolute atomic E-state index is 0.0262. The number of nitrogens with zero attached hydrogens (tertiary/aromatic N) is 1. The van der Waals surface area contributed by atoms with E-state index in [2.05, 4.69) is 21.0 Å². The van der Waals surface area contributed by atoms with E-state index in [1.165, 1.54) is 0 Å². The molecule has 0 atom stereocenters. The predicted octanol–water partition coefficient (Wildman–Crippen LogP) is 1.85. The van der Waals surface area contributed by atoms with Crippen LogP contribution in [0.1, 0.15) is 28.9 Å². The van der Waals surface area contributed by atoms with Crippen molar-refractivity contribution in [3.63, 3.8) is 0 Å². The van der Waals surface area contributed by atoms with Gasteiger partial charge in [-0.05, 0) is 37.1 Å². The summed E-state index contributed by atoms with van der Waals surface area (Å²) < 4.78 is 5.58. The molecule has 0 fully saturated rings. The molecular weight excluding hydrogens is 360 g/mol. The van der Waals surface area contributed by atoms with Gasteiger partial charge in [-0.1, -0.05) is 30.3 Å². The number of ether oxygens (including phenoxy) is 1. The van der Waals surface area contributed by atoms with Crippen molar-refractivity contribution in [2.45, 2.75) is 19.8 Å². The van der Waals surface area contributed by atoms with Crippen molar-refractivity contribution < 1.29 is 14.3 Å². The zero-order chi connectivity index (χ0) is 19.9. The number of amides is 2. The molecule has 0 aliphatic heterocycles. The maximum atomic E-state index is 12.3. The van der Waals surface area contributed by atoms with Gasteiger partial charge in [0, 0.05) is 11.8 Å². The van der Waals surface area contributed by atoms with Gasteiger partial charge in [-0.2, -0.15) is 5.10 Å². The Morgan fingerprint density at radius 2 is 1.86 bits per heavy atom. The number of H-pyrrole nitrogens is 1. The van der Waals surface area contributed by atoms with E-state index in [-0.39, 0.29) is 23.6 Å². The molecule has 3 N–H and O–H groups in total. The second-order valence-electron chi connectivity index (χ2n) is 6.22. The SMILES string of the molecule is Cc1cccc(OCCCC(=O)NNC(=O)c2n[nH]c(=O)c3ccccc23)c1. The van der Waals surface area contributed by atoms with Crippen LogP contribution in [0.4, 0.5) is 0 Å². The van der Waals surface area contributed by atoms with Crippen LogP contribution in [0.2, 0.25) is 0 Å². The third-order valence-corrected chi connectivity index (χ3v) is 4.03. The molecule has 8 nitrogen and oxygen atoms in total. The summed E-state index contributed by atoms with van der Waals surface area (Å²) in [5.41, 5.74) is 5.39. The van der Waals surface area contributed by atoms with Gasteiger partial charge in [-0.15, -0.1) is 0 Å².